The molecule has 0 radical (unpaired) electrons. The molecule has 2 heterocycles. The van der Waals surface area contributed by atoms with Gasteiger partial charge in [-0.3, -0.25) is 19.3 Å². The van der Waals surface area contributed by atoms with Crippen LogP contribution in [0.1, 0.15) is 16.8 Å². The number of carbonyl (C=O) groups is 2. The van der Waals surface area contributed by atoms with E-state index in [0.29, 0.717) is 26.1 Å². The van der Waals surface area contributed by atoms with Gasteiger partial charge in [0.25, 0.3) is 11.5 Å². The Morgan fingerprint density at radius 3 is 2.82 bits per heavy atom. The Morgan fingerprint density at radius 1 is 1.39 bits per heavy atom. The lowest BCUT2D eigenvalue weighted by Crippen LogP contribution is -2.56. The average Bonchev–Trinajstić information content (AvgIpc) is 2.66. The van der Waals surface area contributed by atoms with E-state index >= 15 is 0 Å². The number of hydrogen-bond donors (Lipinski definition) is 3. The Hall–Kier alpha value is -2.14. The Balaban J connectivity index is 1.94. The lowest BCUT2D eigenvalue weighted by Gasteiger charge is -2.37. The second-order valence-electron chi connectivity index (χ2n) is 6.36. The van der Waals surface area contributed by atoms with Crippen LogP contribution in [0.3, 0.4) is 0 Å². The van der Waals surface area contributed by atoms with E-state index < -0.39 is 11.5 Å². The number of methoxy groups -OCH3 is 2. The minimum Gasteiger partial charge on any atom is -0.462 e. The zero-order valence-corrected chi connectivity index (χ0v) is 16.6. The molecule has 1 aliphatic rings. The Morgan fingerprint density at radius 2 is 2.14 bits per heavy atom. The van der Waals surface area contributed by atoms with Crippen molar-refractivity contribution in [2.45, 2.75) is 18.6 Å². The molecule has 1 amide bonds. The molecule has 4 N–H and O–H groups in total. The number of halogens is 1. The number of ether oxygens (including phenoxy) is 3. The number of nitrogens with two attached hydrogens (primary N) is 1. The molecule has 11 heteroatoms. The molecule has 0 spiro atoms. The maximum atomic E-state index is 12.5. The zero-order valence-electron chi connectivity index (χ0n) is 15.8. The predicted octanol–water partition coefficient (Wildman–Crippen LogP) is -0.381. The van der Waals surface area contributed by atoms with Crippen molar-refractivity contribution < 1.29 is 23.8 Å². The van der Waals surface area contributed by atoms with E-state index in [9.17, 15) is 14.4 Å². The summed E-state index contributed by atoms with van der Waals surface area (Å²) in [6.07, 6.45) is 0.184. The van der Waals surface area contributed by atoms with Gasteiger partial charge in [-0.15, -0.1) is 0 Å². The van der Waals surface area contributed by atoms with Crippen LogP contribution >= 0.6 is 11.6 Å². The second-order valence-corrected chi connectivity index (χ2v) is 6.77. The van der Waals surface area contributed by atoms with Crippen LogP contribution in [0, 0.1) is 0 Å². The highest BCUT2D eigenvalue weighted by molar-refractivity contribution is 6.33. The number of esters is 1. The van der Waals surface area contributed by atoms with Crippen LogP contribution in [0.25, 0.3) is 0 Å². The quantitative estimate of drug-likeness (QED) is 0.385. The maximum Gasteiger partial charge on any atom is 0.320 e. The summed E-state index contributed by atoms with van der Waals surface area (Å²) in [5.41, 5.74) is 4.77. The van der Waals surface area contributed by atoms with Crippen LogP contribution in [0.15, 0.2) is 10.9 Å². The van der Waals surface area contributed by atoms with Crippen molar-refractivity contribution in [3.63, 3.8) is 0 Å². The van der Waals surface area contributed by atoms with E-state index in [4.69, 9.17) is 31.5 Å². The summed E-state index contributed by atoms with van der Waals surface area (Å²) in [7, 11) is 3.05. The summed E-state index contributed by atoms with van der Waals surface area (Å²) in [6.45, 7) is 1.66. The summed E-state index contributed by atoms with van der Waals surface area (Å²) in [6, 6.07) is 0.909. The molecular formula is C17H25ClN4O6. The molecule has 2 rings (SSSR count). The number of amides is 1. The molecular weight excluding hydrogens is 392 g/mol. The van der Waals surface area contributed by atoms with E-state index in [1.165, 1.54) is 20.3 Å². The highest BCUT2D eigenvalue weighted by atomic mass is 35.5. The fourth-order valence-electron chi connectivity index (χ4n) is 2.93. The molecule has 1 aromatic rings. The fraction of sp³-hybridized carbons (Fsp3) is 0.588. The van der Waals surface area contributed by atoms with Gasteiger partial charge in [-0.2, -0.15) is 0 Å². The number of rotatable bonds is 8. The van der Waals surface area contributed by atoms with E-state index in [1.807, 2.05) is 4.90 Å². The van der Waals surface area contributed by atoms with Gasteiger partial charge in [0, 0.05) is 27.3 Å². The van der Waals surface area contributed by atoms with E-state index in [0.717, 1.165) is 0 Å². The molecule has 10 nitrogen and oxygen atoms in total. The number of carbonyl (C=O) groups excluding carboxylic acids is 2. The minimum absolute atomic E-state index is 0.00341. The number of anilines is 1. The Bertz CT molecular complexity index is 756. The van der Waals surface area contributed by atoms with Gasteiger partial charge in [0.1, 0.15) is 18.0 Å². The number of aromatic nitrogens is 1. The third-order valence-corrected chi connectivity index (χ3v) is 4.74. The lowest BCUT2D eigenvalue weighted by atomic mass is 10.0. The summed E-state index contributed by atoms with van der Waals surface area (Å²) in [4.78, 5) is 40.5. The number of likely N-dealkylation sites (tertiary alicyclic amines) is 1. The van der Waals surface area contributed by atoms with Crippen molar-refractivity contribution in [2.75, 3.05) is 52.8 Å². The van der Waals surface area contributed by atoms with Crippen LogP contribution in [0.2, 0.25) is 5.02 Å². The predicted molar refractivity (Wildman–Crippen MR) is 102 cm³/mol. The van der Waals surface area contributed by atoms with E-state index in [2.05, 4.69) is 10.3 Å². The summed E-state index contributed by atoms with van der Waals surface area (Å²) in [5.74, 6) is -0.913. The number of piperidine rings is 1. The van der Waals surface area contributed by atoms with Crippen LogP contribution in [-0.4, -0.2) is 81.0 Å². The van der Waals surface area contributed by atoms with Gasteiger partial charge in [0.2, 0.25) is 0 Å². The number of pyridine rings is 1. The number of aromatic amines is 1. The van der Waals surface area contributed by atoms with Crippen LogP contribution in [-0.2, 0) is 19.0 Å². The van der Waals surface area contributed by atoms with E-state index in [1.54, 1.807) is 0 Å². The standard InChI is InChI=1S/C17H25ClN4O6/c1-26-5-6-28-14(23)9-22-4-3-12(13(8-22)27-2)20-16(24)10-7-11(18)15(19)21-17(10)25/h7,12-13H,3-6,8-9H2,1-2H3,(H,20,24)(H3,19,21,25)/t12?,13-/m0/s1. The molecule has 2 atom stereocenters. The third-order valence-electron chi connectivity index (χ3n) is 4.43. The Labute approximate surface area is 167 Å². The van der Waals surface area contributed by atoms with Crippen molar-refractivity contribution in [1.29, 1.82) is 0 Å². The molecule has 1 fully saturated rings. The monoisotopic (exact) mass is 416 g/mol. The lowest BCUT2D eigenvalue weighted by molar-refractivity contribution is -0.147. The van der Waals surface area contributed by atoms with Crippen molar-refractivity contribution in [3.8, 4) is 0 Å². The first-order valence-electron chi connectivity index (χ1n) is 8.74. The van der Waals surface area contributed by atoms with Gasteiger partial charge in [-0.1, -0.05) is 11.6 Å². The van der Waals surface area contributed by atoms with Crippen molar-refractivity contribution in [1.82, 2.24) is 15.2 Å². The number of nitrogens with zero attached hydrogens (tertiary/aromatic N) is 1. The van der Waals surface area contributed by atoms with Crippen molar-refractivity contribution in [3.05, 3.63) is 27.0 Å². The third kappa shape index (κ3) is 5.93. The topological polar surface area (TPSA) is 136 Å². The number of nitrogen functional groups attached to an aromatic ring is 1. The molecule has 28 heavy (non-hydrogen) atoms. The SMILES string of the molecule is COCCOC(=O)CN1CCC(NC(=O)c2cc(Cl)c(N)[nH]c2=O)[C@@H](OC)C1. The van der Waals surface area contributed by atoms with Crippen LogP contribution < -0.4 is 16.6 Å². The number of H-pyrrole nitrogens is 1. The van der Waals surface area contributed by atoms with Gasteiger partial charge in [0.15, 0.2) is 0 Å². The molecule has 156 valence electrons. The molecule has 0 saturated carbocycles. The van der Waals surface area contributed by atoms with Crippen molar-refractivity contribution >= 4 is 29.3 Å². The first-order chi connectivity index (χ1) is 13.3. The highest BCUT2D eigenvalue weighted by Crippen LogP contribution is 2.17. The fourth-order valence-corrected chi connectivity index (χ4v) is 3.09. The molecule has 0 aliphatic carbocycles. The second kappa shape index (κ2) is 10.4. The van der Waals surface area contributed by atoms with Gasteiger partial charge >= 0.3 is 5.97 Å². The molecule has 1 unspecified atom stereocenters. The largest absolute Gasteiger partial charge is 0.462 e. The first kappa shape index (κ1) is 22.2. The average molecular weight is 417 g/mol. The molecule has 0 aromatic carbocycles. The van der Waals surface area contributed by atoms with Gasteiger partial charge in [-0.25, -0.2) is 0 Å². The molecule has 1 aromatic heterocycles. The van der Waals surface area contributed by atoms with Crippen LogP contribution in [0.4, 0.5) is 5.82 Å². The molecule has 1 aliphatic heterocycles. The van der Waals surface area contributed by atoms with Gasteiger partial charge in [-0.05, 0) is 12.5 Å². The molecule has 1 saturated heterocycles. The van der Waals surface area contributed by atoms with E-state index in [-0.39, 0.29) is 47.7 Å². The number of hydrogen-bond acceptors (Lipinski definition) is 8. The smallest absolute Gasteiger partial charge is 0.320 e. The first-order valence-corrected chi connectivity index (χ1v) is 9.12. The maximum absolute atomic E-state index is 12.5. The zero-order chi connectivity index (χ0) is 20.7. The number of nitrogens with one attached hydrogen (secondary N) is 2. The Kier molecular flexibility index (Phi) is 8.24. The highest BCUT2D eigenvalue weighted by Gasteiger charge is 2.32. The molecule has 0 bridgehead atoms. The summed E-state index contributed by atoms with van der Waals surface area (Å²) in [5, 5.41) is 2.89. The summed E-state index contributed by atoms with van der Waals surface area (Å²) < 4.78 is 15.4. The van der Waals surface area contributed by atoms with Crippen LogP contribution in [0.5, 0.6) is 0 Å². The van der Waals surface area contributed by atoms with Crippen molar-refractivity contribution in [2.24, 2.45) is 0 Å². The normalized spacial score (nSPS) is 20.0. The minimum atomic E-state index is -0.621. The van der Waals surface area contributed by atoms with Gasteiger partial charge < -0.3 is 30.2 Å². The summed E-state index contributed by atoms with van der Waals surface area (Å²) >= 11 is 5.88. The van der Waals surface area contributed by atoms with Gasteiger partial charge in [0.05, 0.1) is 30.3 Å².